The number of hydrogen-bond acceptors (Lipinski definition) is 3. The summed E-state index contributed by atoms with van der Waals surface area (Å²) in [5.74, 6) is -0.0916. The van der Waals surface area contributed by atoms with Crippen LogP contribution in [-0.4, -0.2) is 49.6 Å². The summed E-state index contributed by atoms with van der Waals surface area (Å²) in [6.07, 6.45) is 2.63. The standard InChI is InChI=1S/C12H24N4O2/c1-2-6-15-12(18)16-8-3-4-10(9-16)11(17)14-7-5-13/h10H,2-9,13H2,1H3,(H,14,17)(H,15,18). The van der Waals surface area contributed by atoms with Crippen molar-refractivity contribution in [3.05, 3.63) is 0 Å². The highest BCUT2D eigenvalue weighted by Crippen LogP contribution is 2.16. The minimum absolute atomic E-state index is 0.00782. The Labute approximate surface area is 108 Å². The van der Waals surface area contributed by atoms with E-state index in [0.29, 0.717) is 26.2 Å². The molecular formula is C12H24N4O2. The molecule has 1 saturated heterocycles. The van der Waals surface area contributed by atoms with Gasteiger partial charge in [-0.15, -0.1) is 0 Å². The zero-order valence-corrected chi connectivity index (χ0v) is 11.1. The van der Waals surface area contributed by atoms with E-state index in [0.717, 1.165) is 25.8 Å². The van der Waals surface area contributed by atoms with Gasteiger partial charge < -0.3 is 21.3 Å². The monoisotopic (exact) mass is 256 g/mol. The number of piperidine rings is 1. The van der Waals surface area contributed by atoms with Crippen molar-refractivity contribution in [2.45, 2.75) is 26.2 Å². The predicted molar refractivity (Wildman–Crippen MR) is 70.1 cm³/mol. The summed E-state index contributed by atoms with van der Waals surface area (Å²) in [6, 6.07) is -0.0619. The minimum atomic E-state index is -0.0994. The van der Waals surface area contributed by atoms with Crippen molar-refractivity contribution >= 4 is 11.9 Å². The number of likely N-dealkylation sites (tertiary alicyclic amines) is 1. The smallest absolute Gasteiger partial charge is 0.317 e. The molecule has 0 bridgehead atoms. The predicted octanol–water partition coefficient (Wildman–Crippen LogP) is -0.107. The van der Waals surface area contributed by atoms with Crippen LogP contribution in [0, 0.1) is 5.92 Å². The lowest BCUT2D eigenvalue weighted by molar-refractivity contribution is -0.126. The Morgan fingerprint density at radius 2 is 2.11 bits per heavy atom. The van der Waals surface area contributed by atoms with Gasteiger partial charge in [0.1, 0.15) is 0 Å². The van der Waals surface area contributed by atoms with Crippen LogP contribution in [0.4, 0.5) is 4.79 Å². The normalized spacial score (nSPS) is 19.4. The molecule has 1 atom stereocenters. The molecule has 1 heterocycles. The van der Waals surface area contributed by atoms with Gasteiger partial charge in [-0.3, -0.25) is 4.79 Å². The van der Waals surface area contributed by atoms with Crippen LogP contribution in [0.2, 0.25) is 0 Å². The summed E-state index contributed by atoms with van der Waals surface area (Å²) in [5, 5.41) is 5.62. The molecule has 0 aromatic heterocycles. The topological polar surface area (TPSA) is 87.5 Å². The zero-order chi connectivity index (χ0) is 13.4. The second kappa shape index (κ2) is 7.92. The maximum Gasteiger partial charge on any atom is 0.317 e. The Hall–Kier alpha value is -1.30. The first kappa shape index (κ1) is 14.8. The van der Waals surface area contributed by atoms with Gasteiger partial charge in [-0.2, -0.15) is 0 Å². The van der Waals surface area contributed by atoms with E-state index in [1.54, 1.807) is 4.90 Å². The first-order valence-corrected chi connectivity index (χ1v) is 6.69. The number of carbonyl (C=O) groups is 2. The van der Waals surface area contributed by atoms with E-state index in [-0.39, 0.29) is 17.9 Å². The summed E-state index contributed by atoms with van der Waals surface area (Å²) in [7, 11) is 0. The van der Waals surface area contributed by atoms with E-state index in [2.05, 4.69) is 10.6 Å². The number of nitrogens with zero attached hydrogens (tertiary/aromatic N) is 1. The fourth-order valence-corrected chi connectivity index (χ4v) is 2.06. The molecule has 0 aromatic carbocycles. The van der Waals surface area contributed by atoms with Crippen LogP contribution in [0.3, 0.4) is 0 Å². The maximum absolute atomic E-state index is 11.8. The van der Waals surface area contributed by atoms with E-state index in [4.69, 9.17) is 5.73 Å². The quantitative estimate of drug-likeness (QED) is 0.641. The maximum atomic E-state index is 11.8. The Morgan fingerprint density at radius 1 is 1.33 bits per heavy atom. The average Bonchev–Trinajstić information content (AvgIpc) is 2.42. The largest absolute Gasteiger partial charge is 0.355 e. The molecule has 0 aromatic rings. The lowest BCUT2D eigenvalue weighted by atomic mass is 9.97. The van der Waals surface area contributed by atoms with Crippen molar-refractivity contribution in [2.75, 3.05) is 32.7 Å². The van der Waals surface area contributed by atoms with Crippen LogP contribution in [0.5, 0.6) is 0 Å². The van der Waals surface area contributed by atoms with Gasteiger partial charge in [0.2, 0.25) is 5.91 Å². The average molecular weight is 256 g/mol. The van der Waals surface area contributed by atoms with Crippen molar-refractivity contribution in [2.24, 2.45) is 11.7 Å². The SMILES string of the molecule is CCCNC(=O)N1CCCC(C(=O)NCCN)C1. The Kier molecular flexibility index (Phi) is 6.49. The molecule has 18 heavy (non-hydrogen) atoms. The lowest BCUT2D eigenvalue weighted by Crippen LogP contribution is -2.49. The lowest BCUT2D eigenvalue weighted by Gasteiger charge is -2.32. The fourth-order valence-electron chi connectivity index (χ4n) is 2.06. The number of amides is 3. The van der Waals surface area contributed by atoms with Crippen LogP contribution in [0.15, 0.2) is 0 Å². The Morgan fingerprint density at radius 3 is 2.78 bits per heavy atom. The number of nitrogens with one attached hydrogen (secondary N) is 2. The molecule has 1 fully saturated rings. The van der Waals surface area contributed by atoms with Crippen molar-refractivity contribution < 1.29 is 9.59 Å². The number of urea groups is 1. The van der Waals surface area contributed by atoms with Gasteiger partial charge in [0.15, 0.2) is 0 Å². The van der Waals surface area contributed by atoms with E-state index >= 15 is 0 Å². The van der Waals surface area contributed by atoms with Gasteiger partial charge in [-0.25, -0.2) is 4.79 Å². The molecule has 0 aliphatic carbocycles. The molecular weight excluding hydrogens is 232 g/mol. The van der Waals surface area contributed by atoms with Crippen molar-refractivity contribution in [1.82, 2.24) is 15.5 Å². The summed E-state index contributed by atoms with van der Waals surface area (Å²) >= 11 is 0. The molecule has 6 heteroatoms. The van der Waals surface area contributed by atoms with Crippen LogP contribution >= 0.6 is 0 Å². The zero-order valence-electron chi connectivity index (χ0n) is 11.1. The summed E-state index contributed by atoms with van der Waals surface area (Å²) < 4.78 is 0. The molecule has 1 rings (SSSR count). The number of hydrogen-bond donors (Lipinski definition) is 3. The highest BCUT2D eigenvalue weighted by atomic mass is 16.2. The van der Waals surface area contributed by atoms with Gasteiger partial charge in [0.25, 0.3) is 0 Å². The van der Waals surface area contributed by atoms with Gasteiger partial charge in [0, 0.05) is 32.7 Å². The molecule has 1 aliphatic rings. The highest BCUT2D eigenvalue weighted by Gasteiger charge is 2.27. The van der Waals surface area contributed by atoms with Crippen LogP contribution in [-0.2, 0) is 4.79 Å². The summed E-state index contributed by atoms with van der Waals surface area (Å²) in [6.45, 7) is 4.87. The molecule has 1 unspecified atom stereocenters. The molecule has 0 radical (unpaired) electrons. The molecule has 3 amide bonds. The first-order chi connectivity index (χ1) is 8.69. The summed E-state index contributed by atoms with van der Waals surface area (Å²) in [4.78, 5) is 25.3. The van der Waals surface area contributed by atoms with Crippen molar-refractivity contribution in [1.29, 1.82) is 0 Å². The highest BCUT2D eigenvalue weighted by molar-refractivity contribution is 5.80. The Balaban J connectivity index is 2.40. The van der Waals surface area contributed by atoms with Crippen LogP contribution in [0.25, 0.3) is 0 Å². The van der Waals surface area contributed by atoms with E-state index in [9.17, 15) is 9.59 Å². The third-order valence-electron chi connectivity index (χ3n) is 3.05. The Bertz CT molecular complexity index is 257. The number of rotatable bonds is 5. The molecule has 0 saturated carbocycles. The summed E-state index contributed by atoms with van der Waals surface area (Å²) in [5.41, 5.74) is 5.35. The van der Waals surface area contributed by atoms with E-state index in [1.165, 1.54) is 0 Å². The third kappa shape index (κ3) is 4.52. The molecule has 6 nitrogen and oxygen atoms in total. The van der Waals surface area contributed by atoms with Gasteiger partial charge in [0.05, 0.1) is 5.92 Å². The number of carbonyl (C=O) groups excluding carboxylic acids is 2. The van der Waals surface area contributed by atoms with Gasteiger partial charge >= 0.3 is 6.03 Å². The van der Waals surface area contributed by atoms with Crippen molar-refractivity contribution in [3.8, 4) is 0 Å². The molecule has 1 aliphatic heterocycles. The van der Waals surface area contributed by atoms with E-state index in [1.807, 2.05) is 6.92 Å². The first-order valence-electron chi connectivity index (χ1n) is 6.69. The minimum Gasteiger partial charge on any atom is -0.355 e. The van der Waals surface area contributed by atoms with E-state index < -0.39 is 0 Å². The molecule has 104 valence electrons. The van der Waals surface area contributed by atoms with Gasteiger partial charge in [-0.05, 0) is 19.3 Å². The van der Waals surface area contributed by atoms with Crippen molar-refractivity contribution in [3.63, 3.8) is 0 Å². The van der Waals surface area contributed by atoms with Crippen LogP contribution in [0.1, 0.15) is 26.2 Å². The second-order valence-electron chi connectivity index (χ2n) is 4.60. The second-order valence-corrected chi connectivity index (χ2v) is 4.60. The van der Waals surface area contributed by atoms with Gasteiger partial charge in [-0.1, -0.05) is 6.92 Å². The molecule has 0 spiro atoms. The number of nitrogens with two attached hydrogens (primary N) is 1. The third-order valence-corrected chi connectivity index (χ3v) is 3.05. The van der Waals surface area contributed by atoms with Crippen LogP contribution < -0.4 is 16.4 Å². The fraction of sp³-hybridized carbons (Fsp3) is 0.833. The molecule has 4 N–H and O–H groups in total.